The largest absolute Gasteiger partial charge is 0.472 e. The molecule has 0 aromatic rings. The molecule has 3 N–H and O–H groups in total. The Kier molecular flexibility index (Phi) is 31.6. The van der Waals surface area contributed by atoms with Crippen LogP contribution in [0.3, 0.4) is 0 Å². The number of carbonyl (C=O) groups is 1. The lowest BCUT2D eigenvalue weighted by Gasteiger charge is -2.25. The molecule has 3 unspecified atom stereocenters. The fourth-order valence-electron chi connectivity index (χ4n) is 4.49. The van der Waals surface area contributed by atoms with Gasteiger partial charge in [0.05, 0.1) is 39.9 Å². The summed E-state index contributed by atoms with van der Waals surface area (Å²) in [7, 11) is 1.48. The van der Waals surface area contributed by atoms with Crippen molar-refractivity contribution in [2.75, 3.05) is 40.9 Å². The summed E-state index contributed by atoms with van der Waals surface area (Å²) in [6, 6.07) is -0.907. The number of rotatable bonds is 32. The van der Waals surface area contributed by atoms with Crippen molar-refractivity contribution in [2.24, 2.45) is 0 Å². The van der Waals surface area contributed by atoms with Crippen molar-refractivity contribution in [3.63, 3.8) is 0 Å². The number of aliphatic hydroxyl groups is 1. The van der Waals surface area contributed by atoms with Gasteiger partial charge >= 0.3 is 7.82 Å². The second-order valence-corrected chi connectivity index (χ2v) is 15.0. The van der Waals surface area contributed by atoms with E-state index in [9.17, 15) is 19.4 Å². The number of allylic oxidation sites excluding steroid dienone is 15. The van der Waals surface area contributed by atoms with Crippen molar-refractivity contribution in [1.29, 1.82) is 0 Å². The first kappa shape index (κ1) is 48.4. The van der Waals surface area contributed by atoms with Crippen LogP contribution in [-0.2, 0) is 18.4 Å². The van der Waals surface area contributed by atoms with Crippen LogP contribution in [0.1, 0.15) is 110 Å². The van der Waals surface area contributed by atoms with E-state index in [4.69, 9.17) is 9.05 Å². The third-order valence-electron chi connectivity index (χ3n) is 7.55. The molecule has 0 radical (unpaired) electrons. The zero-order valence-corrected chi connectivity index (χ0v) is 33.4. The molecule has 0 fully saturated rings. The highest BCUT2D eigenvalue weighted by Crippen LogP contribution is 2.43. The number of likely N-dealkylation sites (N-methyl/N-ethyl adjacent to an activating group) is 1. The lowest BCUT2D eigenvalue weighted by atomic mass is 10.1. The Balaban J connectivity index is 4.68. The number of carbonyl (C=O) groups excluding carboxylic acids is 1. The van der Waals surface area contributed by atoms with Crippen LogP contribution < -0.4 is 5.32 Å². The second kappa shape index (κ2) is 33.3. The highest BCUT2D eigenvalue weighted by molar-refractivity contribution is 7.47. The minimum Gasteiger partial charge on any atom is -0.387 e. The van der Waals surface area contributed by atoms with E-state index in [0.29, 0.717) is 17.4 Å². The predicted molar refractivity (Wildman–Crippen MR) is 216 cm³/mol. The van der Waals surface area contributed by atoms with Crippen molar-refractivity contribution in [2.45, 2.75) is 122 Å². The number of unbranched alkanes of at least 4 members (excludes halogenated alkanes) is 5. The molecule has 9 heteroatoms. The Labute approximate surface area is 311 Å². The third-order valence-corrected chi connectivity index (χ3v) is 8.54. The normalized spacial score (nSPS) is 15.7. The maximum absolute atomic E-state index is 12.7. The SMILES string of the molecule is CC/C=C\C/C=C\C/C=C\C/C=C\C/C=C\C/C=C\CCC(=O)NC(COP(=O)(O)OCC[N+](C)(C)C)C(O)/C=C/CC/C=C/CCCCCC. The van der Waals surface area contributed by atoms with Crippen LogP contribution in [0.15, 0.2) is 97.2 Å². The van der Waals surface area contributed by atoms with Gasteiger partial charge in [-0.15, -0.1) is 0 Å². The van der Waals surface area contributed by atoms with Crippen LogP contribution >= 0.6 is 7.82 Å². The lowest BCUT2D eigenvalue weighted by molar-refractivity contribution is -0.870. The molecule has 0 aromatic heterocycles. The summed E-state index contributed by atoms with van der Waals surface area (Å²) in [5, 5.41) is 13.6. The topological polar surface area (TPSA) is 105 Å². The molecule has 0 spiro atoms. The monoisotopic (exact) mass is 732 g/mol. The molecule has 0 aliphatic carbocycles. The highest BCUT2D eigenvalue weighted by atomic mass is 31.2. The second-order valence-electron chi connectivity index (χ2n) is 13.6. The average Bonchev–Trinajstić information content (AvgIpc) is 3.07. The van der Waals surface area contributed by atoms with Gasteiger partial charge in [0, 0.05) is 6.42 Å². The molecule has 0 bridgehead atoms. The van der Waals surface area contributed by atoms with Gasteiger partial charge in [-0.3, -0.25) is 13.8 Å². The standard InChI is InChI=1S/C42H71N2O6P/c1-6-8-10-12-14-16-18-19-20-21-22-23-24-25-26-28-30-32-34-36-42(46)43-40(39-50-51(47,48)49-38-37-44(3,4)5)41(45)35-33-31-29-27-17-15-13-11-9-7-2/h8,10,14,16-17,19-20,22-23,25-27,30,32-33,35,40-41,45H,6-7,9,11-13,15,18,21,24,28-29,31,34,36-39H2,1-5H3,(H-,43,46,47,48)/p+1/b10-8-,16-14-,20-19-,23-22-,26-25-,27-17+,32-30-,35-33+. The van der Waals surface area contributed by atoms with Crippen molar-refractivity contribution in [1.82, 2.24) is 5.32 Å². The minimum atomic E-state index is -4.36. The van der Waals surface area contributed by atoms with E-state index in [1.807, 2.05) is 39.4 Å². The van der Waals surface area contributed by atoms with Gasteiger partial charge in [-0.2, -0.15) is 0 Å². The summed E-state index contributed by atoms with van der Waals surface area (Å²) in [5.41, 5.74) is 0. The van der Waals surface area contributed by atoms with E-state index in [0.717, 1.165) is 57.8 Å². The Morgan fingerprint density at radius 3 is 1.75 bits per heavy atom. The number of quaternary nitrogens is 1. The van der Waals surface area contributed by atoms with Crippen LogP contribution in [0.2, 0.25) is 0 Å². The van der Waals surface area contributed by atoms with E-state index in [2.05, 4.69) is 92.1 Å². The molecule has 0 aliphatic heterocycles. The Morgan fingerprint density at radius 2 is 1.20 bits per heavy atom. The van der Waals surface area contributed by atoms with E-state index >= 15 is 0 Å². The zero-order valence-electron chi connectivity index (χ0n) is 32.5. The van der Waals surface area contributed by atoms with Crippen molar-refractivity contribution < 1.29 is 32.9 Å². The van der Waals surface area contributed by atoms with Gasteiger partial charge in [-0.25, -0.2) is 4.57 Å². The number of aliphatic hydroxyl groups excluding tert-OH is 1. The van der Waals surface area contributed by atoms with Crippen LogP contribution in [0.4, 0.5) is 0 Å². The Morgan fingerprint density at radius 1 is 0.686 bits per heavy atom. The quantitative estimate of drug-likeness (QED) is 0.0275. The number of phosphoric acid groups is 1. The smallest absolute Gasteiger partial charge is 0.387 e. The first-order chi connectivity index (χ1) is 24.5. The fraction of sp³-hybridized carbons (Fsp3) is 0.595. The number of hydrogen-bond acceptors (Lipinski definition) is 5. The molecular weight excluding hydrogens is 659 g/mol. The molecular formula is C42H72N2O6P+. The molecule has 0 saturated carbocycles. The van der Waals surface area contributed by atoms with Crippen molar-refractivity contribution in [3.05, 3.63) is 97.2 Å². The molecule has 0 rings (SSSR count). The highest BCUT2D eigenvalue weighted by Gasteiger charge is 2.27. The van der Waals surface area contributed by atoms with Gasteiger partial charge in [0.1, 0.15) is 13.2 Å². The van der Waals surface area contributed by atoms with Gasteiger partial charge in [-0.05, 0) is 70.6 Å². The number of amides is 1. The zero-order chi connectivity index (χ0) is 37.9. The van der Waals surface area contributed by atoms with Crippen molar-refractivity contribution in [3.8, 4) is 0 Å². The maximum Gasteiger partial charge on any atom is 0.472 e. The van der Waals surface area contributed by atoms with Crippen LogP contribution in [0.5, 0.6) is 0 Å². The first-order valence-corrected chi connectivity index (χ1v) is 20.6. The van der Waals surface area contributed by atoms with Gasteiger partial charge < -0.3 is 19.8 Å². The summed E-state index contributed by atoms with van der Waals surface area (Å²) in [4.78, 5) is 22.9. The summed E-state index contributed by atoms with van der Waals surface area (Å²) in [6.45, 7) is 4.53. The first-order valence-electron chi connectivity index (χ1n) is 19.1. The minimum absolute atomic E-state index is 0.0365. The Bertz CT molecular complexity index is 1150. The molecule has 1 amide bonds. The van der Waals surface area contributed by atoms with E-state index in [-0.39, 0.29) is 25.5 Å². The third kappa shape index (κ3) is 35.6. The van der Waals surface area contributed by atoms with Gasteiger partial charge in [-0.1, -0.05) is 130 Å². The number of nitrogens with zero attached hydrogens (tertiary/aromatic N) is 1. The summed E-state index contributed by atoms with van der Waals surface area (Å²) < 4.78 is 23.3. The molecule has 0 heterocycles. The molecule has 290 valence electrons. The van der Waals surface area contributed by atoms with Crippen LogP contribution in [0, 0.1) is 0 Å². The molecule has 8 nitrogen and oxygen atoms in total. The maximum atomic E-state index is 12.7. The predicted octanol–water partition coefficient (Wildman–Crippen LogP) is 10.0. The van der Waals surface area contributed by atoms with Gasteiger partial charge in [0.25, 0.3) is 0 Å². The molecule has 0 aliphatic rings. The fourth-order valence-corrected chi connectivity index (χ4v) is 5.22. The summed E-state index contributed by atoms with van der Waals surface area (Å²) in [6.07, 6.45) is 46.4. The molecule has 3 atom stereocenters. The lowest BCUT2D eigenvalue weighted by Crippen LogP contribution is -2.45. The number of nitrogens with one attached hydrogen (secondary N) is 1. The van der Waals surface area contributed by atoms with Crippen molar-refractivity contribution >= 4 is 13.7 Å². The van der Waals surface area contributed by atoms with Crippen LogP contribution in [0.25, 0.3) is 0 Å². The average molecular weight is 732 g/mol. The molecule has 0 saturated heterocycles. The van der Waals surface area contributed by atoms with Gasteiger partial charge in [0.15, 0.2) is 0 Å². The Hall–Kier alpha value is -2.58. The van der Waals surface area contributed by atoms with E-state index < -0.39 is 20.0 Å². The summed E-state index contributed by atoms with van der Waals surface area (Å²) in [5.74, 6) is -0.277. The van der Waals surface area contributed by atoms with Gasteiger partial charge in [0.2, 0.25) is 5.91 Å². The number of hydrogen-bond donors (Lipinski definition) is 3. The van der Waals surface area contributed by atoms with Crippen LogP contribution in [-0.4, -0.2) is 73.4 Å². The molecule has 0 aromatic carbocycles. The number of phosphoric ester groups is 1. The summed E-state index contributed by atoms with van der Waals surface area (Å²) >= 11 is 0. The molecule has 51 heavy (non-hydrogen) atoms. The van der Waals surface area contributed by atoms with E-state index in [1.54, 1.807) is 6.08 Å². The van der Waals surface area contributed by atoms with E-state index in [1.165, 1.54) is 25.7 Å².